The van der Waals surface area contributed by atoms with E-state index >= 15 is 0 Å². The van der Waals surface area contributed by atoms with Crippen molar-refractivity contribution in [3.8, 4) is 5.75 Å². The Balaban J connectivity index is 1.94. The molecule has 0 amide bonds. The van der Waals surface area contributed by atoms with Crippen LogP contribution >= 0.6 is 11.6 Å². The van der Waals surface area contributed by atoms with E-state index in [1.54, 1.807) is 10.9 Å². The summed E-state index contributed by atoms with van der Waals surface area (Å²) in [5.74, 6) is 0.721. The lowest BCUT2D eigenvalue weighted by Crippen LogP contribution is -2.22. The van der Waals surface area contributed by atoms with Crippen LogP contribution in [0.4, 0.5) is 0 Å². The number of hydrogen-bond donors (Lipinski definition) is 1. The zero-order valence-electron chi connectivity index (χ0n) is 12.9. The van der Waals surface area contributed by atoms with Gasteiger partial charge in [0.15, 0.2) is 0 Å². The van der Waals surface area contributed by atoms with Crippen LogP contribution in [0.1, 0.15) is 30.9 Å². The Morgan fingerprint density at radius 2 is 2.14 bits per heavy atom. The van der Waals surface area contributed by atoms with E-state index in [-0.39, 0.29) is 0 Å². The minimum atomic E-state index is 0.376. The van der Waals surface area contributed by atoms with Crippen LogP contribution in [-0.4, -0.2) is 20.8 Å². The summed E-state index contributed by atoms with van der Waals surface area (Å²) in [5, 5.41) is 8.24. The van der Waals surface area contributed by atoms with E-state index in [1.807, 2.05) is 26.1 Å². The van der Waals surface area contributed by atoms with Gasteiger partial charge in [-0.25, -0.2) is 0 Å². The second-order valence-corrected chi connectivity index (χ2v) is 5.66. The van der Waals surface area contributed by atoms with Gasteiger partial charge < -0.3 is 10.1 Å². The molecule has 2 aromatic heterocycles. The van der Waals surface area contributed by atoms with Crippen molar-refractivity contribution in [3.63, 3.8) is 0 Å². The summed E-state index contributed by atoms with van der Waals surface area (Å²) in [7, 11) is 1.86. The maximum atomic E-state index is 6.19. The molecule has 2 aromatic rings. The number of ether oxygens (including phenoxy) is 1. The van der Waals surface area contributed by atoms with E-state index in [1.165, 1.54) is 0 Å². The van der Waals surface area contributed by atoms with Crippen molar-refractivity contribution in [1.82, 2.24) is 20.1 Å². The van der Waals surface area contributed by atoms with Gasteiger partial charge in [0.1, 0.15) is 12.4 Å². The van der Waals surface area contributed by atoms with Gasteiger partial charge in [-0.3, -0.25) is 9.67 Å². The zero-order valence-corrected chi connectivity index (χ0v) is 13.6. The zero-order chi connectivity index (χ0) is 15.4. The van der Waals surface area contributed by atoms with Gasteiger partial charge in [-0.1, -0.05) is 25.4 Å². The Morgan fingerprint density at radius 1 is 1.38 bits per heavy atom. The predicted molar refractivity (Wildman–Crippen MR) is 83.5 cm³/mol. The average molecular weight is 309 g/mol. The molecule has 0 atom stereocenters. The van der Waals surface area contributed by atoms with Crippen molar-refractivity contribution in [2.75, 3.05) is 0 Å². The highest BCUT2D eigenvalue weighted by Gasteiger charge is 2.11. The number of rotatable bonds is 6. The van der Waals surface area contributed by atoms with Crippen LogP contribution in [0.5, 0.6) is 5.75 Å². The average Bonchev–Trinajstić information content (AvgIpc) is 2.69. The Labute approximate surface area is 130 Å². The molecule has 2 heterocycles. The molecule has 0 saturated heterocycles. The minimum absolute atomic E-state index is 0.376. The summed E-state index contributed by atoms with van der Waals surface area (Å²) in [6.07, 6.45) is 1.73. The number of nitrogens with one attached hydrogen (secondary N) is 1. The van der Waals surface area contributed by atoms with Gasteiger partial charge >= 0.3 is 0 Å². The van der Waals surface area contributed by atoms with Crippen LogP contribution in [0.3, 0.4) is 0 Å². The van der Waals surface area contributed by atoms with Crippen LogP contribution < -0.4 is 10.1 Å². The third-order valence-corrected chi connectivity index (χ3v) is 3.62. The maximum Gasteiger partial charge on any atom is 0.138 e. The molecule has 2 rings (SSSR count). The number of aryl methyl sites for hydroxylation is 2. The summed E-state index contributed by atoms with van der Waals surface area (Å²) in [4.78, 5) is 4.37. The molecule has 0 aliphatic rings. The molecule has 0 saturated carbocycles. The number of aromatic nitrogens is 3. The van der Waals surface area contributed by atoms with Crippen LogP contribution in [0.2, 0.25) is 5.02 Å². The number of halogens is 1. The first-order chi connectivity index (χ1) is 9.97. The second-order valence-electron chi connectivity index (χ2n) is 5.28. The van der Waals surface area contributed by atoms with Crippen molar-refractivity contribution in [1.29, 1.82) is 0 Å². The van der Waals surface area contributed by atoms with Gasteiger partial charge in [0, 0.05) is 19.6 Å². The molecule has 1 N–H and O–H groups in total. The summed E-state index contributed by atoms with van der Waals surface area (Å²) in [6.45, 7) is 7.23. The fraction of sp³-hybridized carbons (Fsp3) is 0.467. The van der Waals surface area contributed by atoms with Crippen molar-refractivity contribution in [2.45, 2.75) is 40.0 Å². The van der Waals surface area contributed by atoms with Crippen LogP contribution in [0.15, 0.2) is 18.3 Å². The molecule has 21 heavy (non-hydrogen) atoms. The number of hydrogen-bond acceptors (Lipinski definition) is 4. The van der Waals surface area contributed by atoms with Crippen LogP contribution in [-0.2, 0) is 20.2 Å². The molecule has 0 fully saturated rings. The highest BCUT2D eigenvalue weighted by atomic mass is 35.5. The fourth-order valence-electron chi connectivity index (χ4n) is 1.90. The molecule has 0 aromatic carbocycles. The van der Waals surface area contributed by atoms with Gasteiger partial charge in [0.25, 0.3) is 0 Å². The lowest BCUT2D eigenvalue weighted by molar-refractivity contribution is 0.293. The quantitative estimate of drug-likeness (QED) is 0.891. The number of nitrogens with zero attached hydrogens (tertiary/aromatic N) is 3. The first-order valence-electron chi connectivity index (χ1n) is 6.96. The Kier molecular flexibility index (Phi) is 5.20. The Bertz CT molecular complexity index is 592. The van der Waals surface area contributed by atoms with Gasteiger partial charge in [0.05, 0.1) is 28.3 Å². The normalized spacial score (nSPS) is 11.1. The summed E-state index contributed by atoms with van der Waals surface area (Å²) < 4.78 is 7.46. The van der Waals surface area contributed by atoms with E-state index < -0.39 is 0 Å². The topological polar surface area (TPSA) is 52.0 Å². The lowest BCUT2D eigenvalue weighted by Gasteiger charge is -2.09. The lowest BCUT2D eigenvalue weighted by atomic mass is 10.3. The standard InChI is InChI=1S/C15H21ClN4O/c1-10(2)17-7-12-5-6-13(8-18-12)21-9-14-15(16)11(3)19-20(14)4/h5-6,8,10,17H,7,9H2,1-4H3. The monoisotopic (exact) mass is 308 g/mol. The smallest absolute Gasteiger partial charge is 0.138 e. The molecule has 114 valence electrons. The van der Waals surface area contributed by atoms with Crippen LogP contribution in [0, 0.1) is 6.92 Å². The van der Waals surface area contributed by atoms with E-state index in [0.717, 1.165) is 29.4 Å². The summed E-state index contributed by atoms with van der Waals surface area (Å²) in [5.41, 5.74) is 2.66. The first-order valence-corrected chi connectivity index (χ1v) is 7.34. The highest BCUT2D eigenvalue weighted by molar-refractivity contribution is 6.31. The van der Waals surface area contributed by atoms with Crippen molar-refractivity contribution in [2.24, 2.45) is 7.05 Å². The van der Waals surface area contributed by atoms with Gasteiger partial charge in [-0.05, 0) is 19.1 Å². The Morgan fingerprint density at radius 3 is 2.67 bits per heavy atom. The summed E-state index contributed by atoms with van der Waals surface area (Å²) >= 11 is 6.19. The van der Waals surface area contributed by atoms with E-state index in [0.29, 0.717) is 17.7 Å². The molecule has 0 unspecified atom stereocenters. The van der Waals surface area contributed by atoms with E-state index in [9.17, 15) is 0 Å². The molecular weight excluding hydrogens is 288 g/mol. The highest BCUT2D eigenvalue weighted by Crippen LogP contribution is 2.21. The van der Waals surface area contributed by atoms with E-state index in [2.05, 4.69) is 29.2 Å². The predicted octanol–water partition coefficient (Wildman–Crippen LogP) is 2.85. The van der Waals surface area contributed by atoms with Crippen LogP contribution in [0.25, 0.3) is 0 Å². The molecule has 0 spiro atoms. The summed E-state index contributed by atoms with van der Waals surface area (Å²) in [6, 6.07) is 4.32. The number of pyridine rings is 1. The first kappa shape index (κ1) is 15.8. The van der Waals surface area contributed by atoms with Gasteiger partial charge in [-0.2, -0.15) is 5.10 Å². The Hall–Kier alpha value is -1.59. The third-order valence-electron chi connectivity index (χ3n) is 3.13. The van der Waals surface area contributed by atoms with Gasteiger partial charge in [-0.15, -0.1) is 0 Å². The molecule has 0 bridgehead atoms. The third kappa shape index (κ3) is 4.19. The van der Waals surface area contributed by atoms with Gasteiger partial charge in [0.2, 0.25) is 0 Å². The van der Waals surface area contributed by atoms with Crippen molar-refractivity contribution < 1.29 is 4.74 Å². The van der Waals surface area contributed by atoms with Crippen molar-refractivity contribution >= 4 is 11.6 Å². The molecular formula is C15H21ClN4O. The van der Waals surface area contributed by atoms with E-state index in [4.69, 9.17) is 16.3 Å². The largest absolute Gasteiger partial charge is 0.486 e. The molecule has 0 aliphatic heterocycles. The second kappa shape index (κ2) is 6.91. The SMILES string of the molecule is Cc1nn(C)c(COc2ccc(CNC(C)C)nc2)c1Cl. The minimum Gasteiger partial charge on any atom is -0.486 e. The fourth-order valence-corrected chi connectivity index (χ4v) is 2.11. The molecule has 0 radical (unpaired) electrons. The molecule has 5 nitrogen and oxygen atoms in total. The molecule has 6 heteroatoms. The maximum absolute atomic E-state index is 6.19. The molecule has 0 aliphatic carbocycles. The van der Waals surface area contributed by atoms with Crippen molar-refractivity contribution in [3.05, 3.63) is 40.4 Å².